The zero-order valence-corrected chi connectivity index (χ0v) is 21.4. The highest BCUT2D eigenvalue weighted by Crippen LogP contribution is 2.47. The highest BCUT2D eigenvalue weighted by atomic mass is 35.5. The Morgan fingerprint density at radius 1 is 1.09 bits per heavy atom. The first-order valence-corrected chi connectivity index (χ1v) is 13.0. The van der Waals surface area contributed by atoms with Gasteiger partial charge < -0.3 is 14.7 Å². The molecule has 35 heavy (non-hydrogen) atoms. The monoisotopic (exact) mass is 518 g/mol. The van der Waals surface area contributed by atoms with Crippen LogP contribution in [0.15, 0.2) is 48.5 Å². The normalized spacial score (nSPS) is 24.4. The van der Waals surface area contributed by atoms with Crippen molar-refractivity contribution in [3.05, 3.63) is 69.7 Å². The maximum atomic E-state index is 14.0. The molecule has 0 aromatic heterocycles. The first-order valence-electron chi connectivity index (χ1n) is 12.2. The van der Waals surface area contributed by atoms with Gasteiger partial charge in [-0.3, -0.25) is 14.5 Å². The molecular formula is C27H32Cl2N2O4. The van der Waals surface area contributed by atoms with Gasteiger partial charge >= 0.3 is 5.97 Å². The smallest absolute Gasteiger partial charge is 0.304 e. The van der Waals surface area contributed by atoms with Crippen LogP contribution in [-0.2, 0) is 14.3 Å². The minimum Gasteiger partial charge on any atom is -0.481 e. The number of carboxylic acids is 1. The van der Waals surface area contributed by atoms with Gasteiger partial charge in [-0.2, -0.15) is 0 Å². The number of morpholine rings is 1. The lowest BCUT2D eigenvalue weighted by Crippen LogP contribution is -2.55. The Kier molecular flexibility index (Phi) is 8.71. The molecule has 188 valence electrons. The molecule has 0 spiro atoms. The van der Waals surface area contributed by atoms with Crippen LogP contribution in [0.1, 0.15) is 49.3 Å². The van der Waals surface area contributed by atoms with Crippen molar-refractivity contribution in [3.8, 4) is 0 Å². The van der Waals surface area contributed by atoms with Crippen LogP contribution in [0.5, 0.6) is 0 Å². The first kappa shape index (κ1) is 26.0. The van der Waals surface area contributed by atoms with Crippen LogP contribution in [0.25, 0.3) is 0 Å². The SMILES string of the molecule is CCC(CN1CCOCC1)N1C(=O)C(CC(=O)O)C[C@H](c2cccc(Cl)c2)[C@H]1c1ccc(Cl)cc1. The molecule has 4 rings (SSSR count). The van der Waals surface area contributed by atoms with Crippen LogP contribution in [0.2, 0.25) is 10.0 Å². The molecule has 2 saturated heterocycles. The predicted molar refractivity (Wildman–Crippen MR) is 137 cm³/mol. The number of nitrogens with zero attached hydrogens (tertiary/aromatic N) is 2. The predicted octanol–water partition coefficient (Wildman–Crippen LogP) is 5.25. The molecule has 2 aromatic rings. The fourth-order valence-corrected chi connectivity index (χ4v) is 5.80. The van der Waals surface area contributed by atoms with Crippen LogP contribution in [-0.4, -0.2) is 65.7 Å². The summed E-state index contributed by atoms with van der Waals surface area (Å²) in [6, 6.07) is 15.0. The molecule has 0 radical (unpaired) electrons. The lowest BCUT2D eigenvalue weighted by atomic mass is 9.74. The van der Waals surface area contributed by atoms with E-state index in [-0.39, 0.29) is 30.3 Å². The molecule has 6 nitrogen and oxygen atoms in total. The lowest BCUT2D eigenvalue weighted by molar-refractivity contribution is -0.153. The third-order valence-electron chi connectivity index (χ3n) is 7.17. The number of aliphatic carboxylic acids is 1. The summed E-state index contributed by atoms with van der Waals surface area (Å²) in [6.07, 6.45) is 1.02. The molecule has 2 heterocycles. The summed E-state index contributed by atoms with van der Waals surface area (Å²) in [6.45, 7) is 5.81. The number of likely N-dealkylation sites (tertiary alicyclic amines) is 1. The summed E-state index contributed by atoms with van der Waals surface area (Å²) in [5.74, 6) is -1.75. The molecule has 2 aliphatic rings. The van der Waals surface area contributed by atoms with Gasteiger partial charge in [-0.05, 0) is 48.2 Å². The third kappa shape index (κ3) is 6.18. The zero-order chi connectivity index (χ0) is 24.9. The maximum Gasteiger partial charge on any atom is 0.304 e. The van der Waals surface area contributed by atoms with Crippen LogP contribution < -0.4 is 0 Å². The Balaban J connectivity index is 1.80. The minimum atomic E-state index is -0.959. The van der Waals surface area contributed by atoms with E-state index in [0.29, 0.717) is 29.7 Å². The summed E-state index contributed by atoms with van der Waals surface area (Å²) >= 11 is 12.6. The fourth-order valence-electron chi connectivity index (χ4n) is 5.47. The van der Waals surface area contributed by atoms with Gasteiger partial charge in [0.1, 0.15) is 0 Å². The Bertz CT molecular complexity index is 1030. The molecule has 0 aliphatic carbocycles. The molecule has 2 aromatic carbocycles. The van der Waals surface area contributed by atoms with Crippen molar-refractivity contribution >= 4 is 35.1 Å². The second kappa shape index (κ2) is 11.7. The van der Waals surface area contributed by atoms with Gasteiger partial charge in [0, 0.05) is 47.6 Å². The van der Waals surface area contributed by atoms with Gasteiger partial charge in [-0.15, -0.1) is 0 Å². The van der Waals surface area contributed by atoms with Crippen molar-refractivity contribution in [3.63, 3.8) is 0 Å². The number of carbonyl (C=O) groups is 2. The minimum absolute atomic E-state index is 0.0699. The van der Waals surface area contributed by atoms with E-state index in [0.717, 1.165) is 37.2 Å². The topological polar surface area (TPSA) is 70.1 Å². The Labute approximate surface area is 216 Å². The van der Waals surface area contributed by atoms with E-state index in [2.05, 4.69) is 11.8 Å². The van der Waals surface area contributed by atoms with Gasteiger partial charge in [0.05, 0.1) is 25.7 Å². The van der Waals surface area contributed by atoms with E-state index < -0.39 is 11.9 Å². The van der Waals surface area contributed by atoms with E-state index in [1.54, 1.807) is 0 Å². The van der Waals surface area contributed by atoms with Gasteiger partial charge in [0.15, 0.2) is 0 Å². The van der Waals surface area contributed by atoms with E-state index >= 15 is 0 Å². The highest BCUT2D eigenvalue weighted by Gasteiger charge is 2.46. The summed E-state index contributed by atoms with van der Waals surface area (Å²) in [7, 11) is 0. The van der Waals surface area contributed by atoms with E-state index in [4.69, 9.17) is 27.9 Å². The van der Waals surface area contributed by atoms with E-state index in [9.17, 15) is 14.7 Å². The largest absolute Gasteiger partial charge is 0.481 e. The van der Waals surface area contributed by atoms with Gasteiger partial charge in [-0.25, -0.2) is 0 Å². The third-order valence-corrected chi connectivity index (χ3v) is 7.66. The lowest BCUT2D eigenvalue weighted by Gasteiger charge is -2.49. The van der Waals surface area contributed by atoms with Crippen LogP contribution in [0.3, 0.4) is 0 Å². The van der Waals surface area contributed by atoms with Gasteiger partial charge in [0.25, 0.3) is 0 Å². The highest BCUT2D eigenvalue weighted by molar-refractivity contribution is 6.30. The average Bonchev–Trinajstić information content (AvgIpc) is 2.85. The molecule has 1 amide bonds. The summed E-state index contributed by atoms with van der Waals surface area (Å²) < 4.78 is 5.52. The van der Waals surface area contributed by atoms with E-state index in [1.807, 2.05) is 53.4 Å². The van der Waals surface area contributed by atoms with Crippen molar-refractivity contribution in [2.75, 3.05) is 32.8 Å². The van der Waals surface area contributed by atoms with Crippen molar-refractivity contribution in [1.82, 2.24) is 9.80 Å². The quantitative estimate of drug-likeness (QED) is 0.516. The average molecular weight is 519 g/mol. The Morgan fingerprint density at radius 3 is 2.43 bits per heavy atom. The summed E-state index contributed by atoms with van der Waals surface area (Å²) in [5, 5.41) is 10.9. The Hall–Kier alpha value is -2.12. The molecule has 1 N–H and O–H groups in total. The number of amides is 1. The molecule has 4 atom stereocenters. The van der Waals surface area contributed by atoms with Gasteiger partial charge in [-0.1, -0.05) is 54.4 Å². The molecular weight excluding hydrogens is 487 g/mol. The molecule has 2 unspecified atom stereocenters. The van der Waals surface area contributed by atoms with Crippen LogP contribution >= 0.6 is 23.2 Å². The van der Waals surface area contributed by atoms with Crippen molar-refractivity contribution in [1.29, 1.82) is 0 Å². The number of piperidine rings is 1. The number of rotatable bonds is 8. The number of ether oxygens (including phenoxy) is 1. The van der Waals surface area contributed by atoms with Crippen molar-refractivity contribution in [2.24, 2.45) is 5.92 Å². The van der Waals surface area contributed by atoms with Crippen LogP contribution in [0, 0.1) is 5.92 Å². The first-order chi connectivity index (χ1) is 16.9. The van der Waals surface area contributed by atoms with Crippen LogP contribution in [0.4, 0.5) is 0 Å². The fraction of sp³-hybridized carbons (Fsp3) is 0.481. The molecule has 2 aliphatic heterocycles. The standard InChI is InChI=1S/C27H32Cl2N2O4/c1-2-23(17-30-10-12-35-13-11-30)31-26(18-6-8-21(28)9-7-18)24(19-4-3-5-22(29)14-19)15-20(27(31)34)16-25(32)33/h3-9,14,20,23-24,26H,2,10-13,15-17H2,1H3,(H,32,33)/t20?,23?,24-,26-/m1/s1. The maximum absolute atomic E-state index is 14.0. The van der Waals surface area contributed by atoms with Crippen molar-refractivity contribution in [2.45, 2.75) is 44.2 Å². The molecule has 0 bridgehead atoms. The summed E-state index contributed by atoms with van der Waals surface area (Å²) in [5.41, 5.74) is 1.99. The number of hydrogen-bond acceptors (Lipinski definition) is 4. The molecule has 0 saturated carbocycles. The number of carboxylic acid groups (broad SMARTS) is 1. The summed E-state index contributed by atoms with van der Waals surface area (Å²) in [4.78, 5) is 30.0. The number of halogens is 2. The Morgan fingerprint density at radius 2 is 1.80 bits per heavy atom. The second-order valence-corrected chi connectivity index (χ2v) is 10.3. The molecule has 8 heteroatoms. The van der Waals surface area contributed by atoms with E-state index in [1.165, 1.54) is 0 Å². The number of hydrogen-bond donors (Lipinski definition) is 1. The zero-order valence-electron chi connectivity index (χ0n) is 19.9. The van der Waals surface area contributed by atoms with Crippen molar-refractivity contribution < 1.29 is 19.4 Å². The number of benzene rings is 2. The second-order valence-electron chi connectivity index (χ2n) is 9.41. The van der Waals surface area contributed by atoms with Gasteiger partial charge in [0.2, 0.25) is 5.91 Å². The number of carbonyl (C=O) groups excluding carboxylic acids is 1. The molecule has 2 fully saturated rings.